The lowest BCUT2D eigenvalue weighted by molar-refractivity contribution is -0.129. The minimum absolute atomic E-state index is 0.0892. The van der Waals surface area contributed by atoms with Gasteiger partial charge in [0.25, 0.3) is 5.91 Å². The van der Waals surface area contributed by atoms with Gasteiger partial charge in [0.2, 0.25) is 5.91 Å². The molecule has 0 aliphatic carbocycles. The van der Waals surface area contributed by atoms with Crippen LogP contribution in [0.5, 0.6) is 11.5 Å². The Morgan fingerprint density at radius 1 is 1.07 bits per heavy atom. The van der Waals surface area contributed by atoms with Crippen LogP contribution < -0.4 is 14.8 Å². The zero-order valence-corrected chi connectivity index (χ0v) is 17.0. The molecule has 0 spiro atoms. The molecule has 2 aromatic carbocycles. The minimum Gasteiger partial charge on any atom is -0.493 e. The molecule has 2 aromatic rings. The lowest BCUT2D eigenvalue weighted by Gasteiger charge is -2.18. The molecule has 0 unspecified atom stereocenters. The number of amides is 2. The van der Waals surface area contributed by atoms with Gasteiger partial charge < -0.3 is 19.7 Å². The Morgan fingerprint density at radius 3 is 2.48 bits per heavy atom. The number of benzene rings is 2. The normalized spacial score (nSPS) is 10.2. The van der Waals surface area contributed by atoms with Crippen LogP contribution in [0.15, 0.2) is 53.0 Å². The van der Waals surface area contributed by atoms with Crippen molar-refractivity contribution in [3.63, 3.8) is 0 Å². The van der Waals surface area contributed by atoms with Crippen molar-refractivity contribution in [1.29, 1.82) is 0 Å². The first-order valence-electron chi connectivity index (χ1n) is 8.63. The molecule has 0 aliphatic heterocycles. The number of likely N-dealkylation sites (N-methyl/N-ethyl adjacent to an activating group) is 1. The molecule has 0 fully saturated rings. The van der Waals surface area contributed by atoms with E-state index in [1.165, 1.54) is 4.90 Å². The average molecular weight is 435 g/mol. The third kappa shape index (κ3) is 6.60. The van der Waals surface area contributed by atoms with Gasteiger partial charge in [-0.15, -0.1) is 0 Å². The minimum atomic E-state index is -0.341. The molecule has 0 heterocycles. The summed E-state index contributed by atoms with van der Waals surface area (Å²) in [6.07, 6.45) is 0. The topological polar surface area (TPSA) is 67.9 Å². The fourth-order valence-electron chi connectivity index (χ4n) is 2.28. The van der Waals surface area contributed by atoms with Crippen LogP contribution in [0.4, 0.5) is 0 Å². The van der Waals surface area contributed by atoms with Crippen molar-refractivity contribution < 1.29 is 19.1 Å². The third-order valence-electron chi connectivity index (χ3n) is 3.77. The summed E-state index contributed by atoms with van der Waals surface area (Å²) < 4.78 is 12.0. The molecule has 0 bridgehead atoms. The fraction of sp³-hybridized carbons (Fsp3) is 0.300. The van der Waals surface area contributed by atoms with Gasteiger partial charge in [-0.1, -0.05) is 28.1 Å². The second-order valence-electron chi connectivity index (χ2n) is 5.73. The Morgan fingerprint density at radius 2 is 1.78 bits per heavy atom. The Kier molecular flexibility index (Phi) is 8.13. The third-order valence-corrected chi connectivity index (χ3v) is 4.30. The van der Waals surface area contributed by atoms with E-state index in [2.05, 4.69) is 21.2 Å². The van der Waals surface area contributed by atoms with Crippen LogP contribution in [0.25, 0.3) is 0 Å². The van der Waals surface area contributed by atoms with Gasteiger partial charge in [0.05, 0.1) is 25.3 Å². The first kappa shape index (κ1) is 20.8. The summed E-state index contributed by atoms with van der Waals surface area (Å²) in [7, 11) is 1.67. The molecule has 0 radical (unpaired) electrons. The first-order chi connectivity index (χ1) is 13.0. The van der Waals surface area contributed by atoms with Crippen molar-refractivity contribution in [2.24, 2.45) is 0 Å². The standard InChI is InChI=1S/C20H23BrN2O4/c1-3-26-18-7-5-4-6-17(18)20(25)22-14-19(24)23(2)12-13-27-16-10-8-15(21)9-11-16/h4-11H,3,12-14H2,1-2H3,(H,22,25). The van der Waals surface area contributed by atoms with Gasteiger partial charge in [-0.05, 0) is 43.3 Å². The van der Waals surface area contributed by atoms with Crippen LogP contribution in [0.3, 0.4) is 0 Å². The van der Waals surface area contributed by atoms with Crippen LogP contribution in [0, 0.1) is 0 Å². The number of carbonyl (C=O) groups is 2. The van der Waals surface area contributed by atoms with Crippen LogP contribution in [0.1, 0.15) is 17.3 Å². The highest BCUT2D eigenvalue weighted by atomic mass is 79.9. The largest absolute Gasteiger partial charge is 0.493 e. The highest BCUT2D eigenvalue weighted by Crippen LogP contribution is 2.17. The Balaban J connectivity index is 1.77. The average Bonchev–Trinajstić information content (AvgIpc) is 2.68. The predicted octanol–water partition coefficient (Wildman–Crippen LogP) is 3.12. The van der Waals surface area contributed by atoms with Crippen molar-refractivity contribution in [2.45, 2.75) is 6.92 Å². The first-order valence-corrected chi connectivity index (χ1v) is 9.43. The van der Waals surface area contributed by atoms with E-state index >= 15 is 0 Å². The lowest BCUT2D eigenvalue weighted by Crippen LogP contribution is -2.39. The monoisotopic (exact) mass is 434 g/mol. The molecule has 6 nitrogen and oxygen atoms in total. The lowest BCUT2D eigenvalue weighted by atomic mass is 10.2. The highest BCUT2D eigenvalue weighted by Gasteiger charge is 2.15. The van der Waals surface area contributed by atoms with Crippen molar-refractivity contribution >= 4 is 27.7 Å². The maximum absolute atomic E-state index is 12.3. The number of nitrogens with zero attached hydrogens (tertiary/aromatic N) is 1. The summed E-state index contributed by atoms with van der Waals surface area (Å²) in [6, 6.07) is 14.4. The number of hydrogen-bond donors (Lipinski definition) is 1. The van der Waals surface area contributed by atoms with E-state index in [0.29, 0.717) is 31.1 Å². The van der Waals surface area contributed by atoms with Crippen LogP contribution in [-0.4, -0.2) is 50.1 Å². The summed E-state index contributed by atoms with van der Waals surface area (Å²) in [5.41, 5.74) is 0.411. The van der Waals surface area contributed by atoms with Crippen LogP contribution >= 0.6 is 15.9 Å². The van der Waals surface area contributed by atoms with Crippen molar-refractivity contribution in [1.82, 2.24) is 10.2 Å². The Hall–Kier alpha value is -2.54. The maximum Gasteiger partial charge on any atom is 0.255 e. The smallest absolute Gasteiger partial charge is 0.255 e. The number of halogens is 1. The van der Waals surface area contributed by atoms with E-state index in [1.807, 2.05) is 31.2 Å². The van der Waals surface area contributed by atoms with Gasteiger partial charge in [-0.25, -0.2) is 0 Å². The number of carbonyl (C=O) groups excluding carboxylic acids is 2. The number of hydrogen-bond acceptors (Lipinski definition) is 4. The van der Waals surface area contributed by atoms with Gasteiger partial charge in [-0.3, -0.25) is 9.59 Å². The quantitative estimate of drug-likeness (QED) is 0.658. The van der Waals surface area contributed by atoms with E-state index in [-0.39, 0.29) is 18.4 Å². The van der Waals surface area contributed by atoms with Gasteiger partial charge in [0, 0.05) is 11.5 Å². The zero-order chi connectivity index (χ0) is 19.6. The maximum atomic E-state index is 12.3. The molecule has 0 aliphatic rings. The molecule has 0 aromatic heterocycles. The van der Waals surface area contributed by atoms with E-state index in [4.69, 9.17) is 9.47 Å². The van der Waals surface area contributed by atoms with Crippen molar-refractivity contribution in [2.75, 3.05) is 33.4 Å². The summed E-state index contributed by atoms with van der Waals surface area (Å²) in [5, 5.41) is 2.64. The summed E-state index contributed by atoms with van der Waals surface area (Å²) >= 11 is 3.36. The van der Waals surface area contributed by atoms with E-state index in [9.17, 15) is 9.59 Å². The van der Waals surface area contributed by atoms with Crippen LogP contribution in [-0.2, 0) is 4.79 Å². The van der Waals surface area contributed by atoms with Gasteiger partial charge in [0.15, 0.2) is 0 Å². The van der Waals surface area contributed by atoms with Crippen molar-refractivity contribution in [3.8, 4) is 11.5 Å². The number of para-hydroxylation sites is 1. The Bertz CT molecular complexity index is 765. The van der Waals surface area contributed by atoms with E-state index in [1.54, 1.807) is 31.3 Å². The molecule has 0 atom stereocenters. The van der Waals surface area contributed by atoms with E-state index < -0.39 is 0 Å². The number of ether oxygens (including phenoxy) is 2. The molecule has 0 saturated carbocycles. The molecule has 2 rings (SSSR count). The molecule has 7 heteroatoms. The van der Waals surface area contributed by atoms with Gasteiger partial charge >= 0.3 is 0 Å². The second kappa shape index (κ2) is 10.6. The van der Waals surface area contributed by atoms with Crippen molar-refractivity contribution in [3.05, 3.63) is 58.6 Å². The second-order valence-corrected chi connectivity index (χ2v) is 6.65. The highest BCUT2D eigenvalue weighted by molar-refractivity contribution is 9.10. The van der Waals surface area contributed by atoms with E-state index in [0.717, 1.165) is 10.2 Å². The molecule has 27 heavy (non-hydrogen) atoms. The molecule has 2 amide bonds. The Labute approximate surface area is 167 Å². The predicted molar refractivity (Wildman–Crippen MR) is 107 cm³/mol. The number of rotatable bonds is 9. The molecule has 144 valence electrons. The zero-order valence-electron chi connectivity index (χ0n) is 15.4. The summed E-state index contributed by atoms with van der Waals surface area (Å²) in [5.74, 6) is 0.699. The molecule has 0 saturated heterocycles. The molecular formula is C20H23BrN2O4. The number of nitrogens with one attached hydrogen (secondary N) is 1. The summed E-state index contributed by atoms with van der Waals surface area (Å²) in [4.78, 5) is 26.0. The molecule has 1 N–H and O–H groups in total. The summed E-state index contributed by atoms with van der Waals surface area (Å²) in [6.45, 7) is 3.01. The van der Waals surface area contributed by atoms with Gasteiger partial charge in [0.1, 0.15) is 18.1 Å². The van der Waals surface area contributed by atoms with Crippen LogP contribution in [0.2, 0.25) is 0 Å². The molecular weight excluding hydrogens is 412 g/mol. The fourth-order valence-corrected chi connectivity index (χ4v) is 2.54. The SMILES string of the molecule is CCOc1ccccc1C(=O)NCC(=O)N(C)CCOc1ccc(Br)cc1. The van der Waals surface area contributed by atoms with Gasteiger partial charge in [-0.2, -0.15) is 0 Å².